The maximum absolute atomic E-state index is 9.62. The third-order valence-electron chi connectivity index (χ3n) is 3.00. The van der Waals surface area contributed by atoms with Crippen LogP contribution in [0.1, 0.15) is 0 Å². The van der Waals surface area contributed by atoms with Crippen LogP contribution in [0.5, 0.6) is 5.88 Å². The highest BCUT2D eigenvalue weighted by atomic mass is 35.5. The van der Waals surface area contributed by atoms with Crippen molar-refractivity contribution in [3.63, 3.8) is 0 Å². The summed E-state index contributed by atoms with van der Waals surface area (Å²) in [4.78, 5) is 8.48. The molecule has 2 aromatic carbocycles. The first kappa shape index (κ1) is 13.9. The summed E-state index contributed by atoms with van der Waals surface area (Å²) in [6, 6.07) is 14.5. The molecule has 0 saturated heterocycles. The molecule has 0 atom stereocenters. The van der Waals surface area contributed by atoms with E-state index in [4.69, 9.17) is 23.2 Å². The zero-order chi connectivity index (χ0) is 14.8. The minimum absolute atomic E-state index is 0.127. The van der Waals surface area contributed by atoms with Gasteiger partial charge in [-0.3, -0.25) is 0 Å². The fourth-order valence-electron chi connectivity index (χ4n) is 2.01. The number of halogens is 2. The molecule has 0 aliphatic carbocycles. The summed E-state index contributed by atoms with van der Waals surface area (Å²) in [6.07, 6.45) is 1.32. The summed E-state index contributed by atoms with van der Waals surface area (Å²) >= 11 is 11.8. The average molecular weight is 317 g/mol. The molecule has 3 rings (SSSR count). The van der Waals surface area contributed by atoms with E-state index in [0.717, 1.165) is 11.1 Å². The van der Waals surface area contributed by atoms with Crippen LogP contribution in [0.15, 0.2) is 54.7 Å². The number of benzene rings is 2. The van der Waals surface area contributed by atoms with Crippen LogP contribution >= 0.6 is 23.2 Å². The van der Waals surface area contributed by atoms with Crippen LogP contribution in [-0.4, -0.2) is 15.1 Å². The molecule has 21 heavy (non-hydrogen) atoms. The van der Waals surface area contributed by atoms with Crippen LogP contribution in [0.4, 0.5) is 0 Å². The molecule has 0 saturated carbocycles. The highest BCUT2D eigenvalue weighted by molar-refractivity contribution is 6.31. The quantitative estimate of drug-likeness (QED) is 0.737. The first-order valence-electron chi connectivity index (χ1n) is 6.21. The molecule has 0 unspecified atom stereocenters. The maximum Gasteiger partial charge on any atom is 0.230 e. The molecule has 0 bridgehead atoms. The second-order valence-electron chi connectivity index (χ2n) is 4.44. The maximum atomic E-state index is 9.62. The predicted octanol–water partition coefficient (Wildman–Crippen LogP) is 4.82. The SMILES string of the molecule is Oc1cnc(-c2ccc(Cl)cc2)c(-c2ccc(Cl)cc2)n1. The number of aromatic hydroxyl groups is 1. The zero-order valence-electron chi connectivity index (χ0n) is 10.8. The normalized spacial score (nSPS) is 10.6. The number of nitrogens with zero attached hydrogens (tertiary/aromatic N) is 2. The first-order chi connectivity index (χ1) is 10.1. The molecule has 0 fully saturated rings. The van der Waals surface area contributed by atoms with Crippen molar-refractivity contribution in [1.29, 1.82) is 0 Å². The molecular formula is C16H10Cl2N2O. The molecule has 0 radical (unpaired) electrons. The van der Waals surface area contributed by atoms with Gasteiger partial charge < -0.3 is 5.11 Å². The minimum atomic E-state index is -0.127. The Kier molecular flexibility index (Phi) is 3.78. The molecule has 0 aliphatic rings. The molecule has 0 amide bonds. The van der Waals surface area contributed by atoms with E-state index in [0.29, 0.717) is 21.4 Å². The fourth-order valence-corrected chi connectivity index (χ4v) is 2.26. The molecule has 104 valence electrons. The zero-order valence-corrected chi connectivity index (χ0v) is 12.3. The lowest BCUT2D eigenvalue weighted by molar-refractivity contribution is 0.451. The molecule has 0 spiro atoms. The van der Waals surface area contributed by atoms with Gasteiger partial charge in [0.2, 0.25) is 5.88 Å². The van der Waals surface area contributed by atoms with E-state index in [1.54, 1.807) is 24.3 Å². The first-order valence-corrected chi connectivity index (χ1v) is 6.97. The minimum Gasteiger partial charge on any atom is -0.492 e. The number of hydrogen-bond donors (Lipinski definition) is 1. The molecule has 5 heteroatoms. The van der Waals surface area contributed by atoms with Crippen molar-refractivity contribution in [2.75, 3.05) is 0 Å². The van der Waals surface area contributed by atoms with Crippen molar-refractivity contribution in [3.05, 3.63) is 64.8 Å². The second kappa shape index (κ2) is 5.72. The second-order valence-corrected chi connectivity index (χ2v) is 5.31. The van der Waals surface area contributed by atoms with Gasteiger partial charge in [0.15, 0.2) is 0 Å². The Bertz CT molecular complexity index is 771. The summed E-state index contributed by atoms with van der Waals surface area (Å²) in [5.74, 6) is -0.127. The van der Waals surface area contributed by atoms with Crippen LogP contribution in [0, 0.1) is 0 Å². The predicted molar refractivity (Wildman–Crippen MR) is 84.6 cm³/mol. The highest BCUT2D eigenvalue weighted by Crippen LogP contribution is 2.31. The summed E-state index contributed by atoms with van der Waals surface area (Å²) in [7, 11) is 0. The lowest BCUT2D eigenvalue weighted by atomic mass is 10.0. The Morgan fingerprint density at radius 1 is 0.714 bits per heavy atom. The van der Waals surface area contributed by atoms with Crippen LogP contribution < -0.4 is 0 Å². The van der Waals surface area contributed by atoms with Crippen molar-refractivity contribution < 1.29 is 5.11 Å². The summed E-state index contributed by atoms with van der Waals surface area (Å²) in [5.41, 5.74) is 2.96. The molecule has 1 heterocycles. The molecule has 1 aromatic heterocycles. The smallest absolute Gasteiger partial charge is 0.230 e. The topological polar surface area (TPSA) is 46.0 Å². The van der Waals surface area contributed by atoms with Gasteiger partial charge in [-0.2, -0.15) is 0 Å². The van der Waals surface area contributed by atoms with Gasteiger partial charge >= 0.3 is 0 Å². The van der Waals surface area contributed by atoms with Gasteiger partial charge in [-0.1, -0.05) is 47.5 Å². The highest BCUT2D eigenvalue weighted by Gasteiger charge is 2.12. The molecular weight excluding hydrogens is 307 g/mol. The van der Waals surface area contributed by atoms with Crippen molar-refractivity contribution >= 4 is 23.2 Å². The van der Waals surface area contributed by atoms with Crippen LogP contribution in [0.2, 0.25) is 10.0 Å². The standard InChI is InChI=1S/C16H10Cl2N2O/c17-12-5-1-10(2-6-12)15-16(20-14(21)9-19-15)11-3-7-13(18)8-4-11/h1-9H,(H,20,21). The average Bonchev–Trinajstić information content (AvgIpc) is 2.49. The third kappa shape index (κ3) is 2.99. The monoisotopic (exact) mass is 316 g/mol. The Morgan fingerprint density at radius 2 is 1.19 bits per heavy atom. The van der Waals surface area contributed by atoms with Crippen molar-refractivity contribution in [2.45, 2.75) is 0 Å². The fraction of sp³-hybridized carbons (Fsp3) is 0. The molecule has 1 N–H and O–H groups in total. The van der Waals surface area contributed by atoms with Gasteiger partial charge in [0.25, 0.3) is 0 Å². The van der Waals surface area contributed by atoms with Gasteiger partial charge in [0.05, 0.1) is 11.9 Å². The van der Waals surface area contributed by atoms with Crippen molar-refractivity contribution in [2.24, 2.45) is 0 Å². The van der Waals surface area contributed by atoms with E-state index < -0.39 is 0 Å². The Morgan fingerprint density at radius 3 is 1.71 bits per heavy atom. The van der Waals surface area contributed by atoms with E-state index >= 15 is 0 Å². The van der Waals surface area contributed by atoms with Gasteiger partial charge in [-0.25, -0.2) is 9.97 Å². The van der Waals surface area contributed by atoms with Gasteiger partial charge in [-0.05, 0) is 24.3 Å². The molecule has 0 aliphatic heterocycles. The Labute approximate surface area is 131 Å². The van der Waals surface area contributed by atoms with E-state index in [2.05, 4.69) is 9.97 Å². The van der Waals surface area contributed by atoms with Crippen molar-refractivity contribution in [1.82, 2.24) is 9.97 Å². The molecule has 3 aromatic rings. The van der Waals surface area contributed by atoms with E-state index in [1.165, 1.54) is 6.20 Å². The summed E-state index contributed by atoms with van der Waals surface area (Å²) in [6.45, 7) is 0. The Hall–Kier alpha value is -2.10. The van der Waals surface area contributed by atoms with Gasteiger partial charge in [-0.15, -0.1) is 0 Å². The number of hydrogen-bond acceptors (Lipinski definition) is 3. The lowest BCUT2D eigenvalue weighted by Crippen LogP contribution is -1.93. The number of rotatable bonds is 2. The third-order valence-corrected chi connectivity index (χ3v) is 3.50. The van der Waals surface area contributed by atoms with Gasteiger partial charge in [0, 0.05) is 21.2 Å². The van der Waals surface area contributed by atoms with Crippen LogP contribution in [-0.2, 0) is 0 Å². The van der Waals surface area contributed by atoms with E-state index in [1.807, 2.05) is 24.3 Å². The summed E-state index contributed by atoms with van der Waals surface area (Å²) in [5, 5.41) is 10.9. The molecule has 3 nitrogen and oxygen atoms in total. The largest absolute Gasteiger partial charge is 0.492 e. The Balaban J connectivity index is 2.17. The van der Waals surface area contributed by atoms with E-state index in [9.17, 15) is 5.11 Å². The number of aromatic nitrogens is 2. The van der Waals surface area contributed by atoms with Crippen LogP contribution in [0.3, 0.4) is 0 Å². The van der Waals surface area contributed by atoms with Crippen LogP contribution in [0.25, 0.3) is 22.5 Å². The van der Waals surface area contributed by atoms with Gasteiger partial charge in [0.1, 0.15) is 5.69 Å². The summed E-state index contributed by atoms with van der Waals surface area (Å²) < 4.78 is 0. The lowest BCUT2D eigenvalue weighted by Gasteiger charge is -2.09. The van der Waals surface area contributed by atoms with Crippen molar-refractivity contribution in [3.8, 4) is 28.4 Å². The van der Waals surface area contributed by atoms with E-state index in [-0.39, 0.29) is 5.88 Å².